The molecule has 1 aromatic carbocycles. The smallest absolute Gasteiger partial charge is 0.221 e. The van der Waals surface area contributed by atoms with Crippen molar-refractivity contribution in [1.29, 1.82) is 0 Å². The predicted molar refractivity (Wildman–Crippen MR) is 79.7 cm³/mol. The maximum atomic E-state index is 11.0. The first-order valence-electron chi connectivity index (χ1n) is 6.93. The van der Waals surface area contributed by atoms with Gasteiger partial charge in [0.2, 0.25) is 5.91 Å². The number of benzene rings is 1. The summed E-state index contributed by atoms with van der Waals surface area (Å²) in [4.78, 5) is 11.0. The van der Waals surface area contributed by atoms with Crippen molar-refractivity contribution in [2.75, 3.05) is 31.7 Å². The van der Waals surface area contributed by atoms with Crippen LogP contribution in [0.15, 0.2) is 24.3 Å². The number of ether oxygens (including phenoxy) is 1. The summed E-state index contributed by atoms with van der Waals surface area (Å²) in [5.41, 5.74) is 1.95. The third kappa shape index (κ3) is 6.65. The number of carbonyl (C=O) groups excluding carboxylic acids is 1. The van der Waals surface area contributed by atoms with Gasteiger partial charge in [-0.15, -0.1) is 0 Å². The van der Waals surface area contributed by atoms with Crippen molar-refractivity contribution in [1.82, 2.24) is 5.32 Å². The number of nitrogens with one attached hydrogen (secondary N) is 2. The van der Waals surface area contributed by atoms with Crippen molar-refractivity contribution in [3.05, 3.63) is 29.8 Å². The Labute approximate surface area is 120 Å². The molecular weight excluding hydrogens is 256 g/mol. The van der Waals surface area contributed by atoms with Crippen molar-refractivity contribution >= 4 is 11.6 Å². The number of aliphatic hydroxyl groups is 1. The van der Waals surface area contributed by atoms with Gasteiger partial charge in [0.05, 0.1) is 13.2 Å². The first-order chi connectivity index (χ1) is 9.63. The molecule has 20 heavy (non-hydrogen) atoms. The highest BCUT2D eigenvalue weighted by molar-refractivity contribution is 5.88. The Hall–Kier alpha value is -1.43. The molecule has 1 rings (SSSR count). The fraction of sp³-hybridized carbons (Fsp3) is 0.533. The van der Waals surface area contributed by atoms with Gasteiger partial charge in [-0.05, 0) is 37.6 Å². The summed E-state index contributed by atoms with van der Waals surface area (Å²) in [6, 6.07) is 8.03. The van der Waals surface area contributed by atoms with Gasteiger partial charge < -0.3 is 20.5 Å². The quantitative estimate of drug-likeness (QED) is 0.602. The van der Waals surface area contributed by atoms with Crippen LogP contribution in [0.25, 0.3) is 0 Å². The summed E-state index contributed by atoms with van der Waals surface area (Å²) in [5.74, 6) is -0.0659. The molecule has 3 N–H and O–H groups in total. The van der Waals surface area contributed by atoms with Gasteiger partial charge in [0.15, 0.2) is 0 Å². The zero-order chi connectivity index (χ0) is 14.8. The van der Waals surface area contributed by atoms with E-state index >= 15 is 0 Å². The molecule has 1 amide bonds. The predicted octanol–water partition coefficient (Wildman–Crippen LogP) is 1.69. The highest BCUT2D eigenvalue weighted by atomic mass is 16.5. The van der Waals surface area contributed by atoms with Crippen LogP contribution >= 0.6 is 0 Å². The van der Waals surface area contributed by atoms with E-state index in [2.05, 4.69) is 17.6 Å². The van der Waals surface area contributed by atoms with Crippen molar-refractivity contribution in [2.45, 2.75) is 26.3 Å². The summed E-state index contributed by atoms with van der Waals surface area (Å²) in [5, 5.41) is 14.8. The highest BCUT2D eigenvalue weighted by Crippen LogP contribution is 2.17. The maximum Gasteiger partial charge on any atom is 0.221 e. The largest absolute Gasteiger partial charge is 0.394 e. The van der Waals surface area contributed by atoms with Crippen molar-refractivity contribution in [3.8, 4) is 0 Å². The summed E-state index contributed by atoms with van der Waals surface area (Å²) in [6.45, 7) is 5.54. The summed E-state index contributed by atoms with van der Waals surface area (Å²) in [6.07, 6.45) is 0.899. The molecule has 0 aliphatic carbocycles. The van der Waals surface area contributed by atoms with Crippen LogP contribution in [0.1, 0.15) is 31.9 Å². The Morgan fingerprint density at radius 2 is 2.20 bits per heavy atom. The normalized spacial score (nSPS) is 12.2. The Balaban J connectivity index is 2.35. The SMILES string of the molecule is CC(=O)Nc1cccc(C(C)NCCCOCCO)c1. The van der Waals surface area contributed by atoms with Gasteiger partial charge in [0, 0.05) is 25.3 Å². The first kappa shape index (κ1) is 16.6. The lowest BCUT2D eigenvalue weighted by Gasteiger charge is -2.15. The van der Waals surface area contributed by atoms with Crippen LogP contribution in [0, 0.1) is 0 Å². The van der Waals surface area contributed by atoms with Gasteiger partial charge in [-0.25, -0.2) is 0 Å². The first-order valence-corrected chi connectivity index (χ1v) is 6.93. The van der Waals surface area contributed by atoms with Crippen LogP contribution in [0.2, 0.25) is 0 Å². The molecule has 1 unspecified atom stereocenters. The summed E-state index contributed by atoms with van der Waals surface area (Å²) >= 11 is 0. The molecule has 1 atom stereocenters. The van der Waals surface area contributed by atoms with E-state index in [0.29, 0.717) is 13.2 Å². The van der Waals surface area contributed by atoms with Crippen LogP contribution in [0.3, 0.4) is 0 Å². The minimum atomic E-state index is -0.0659. The Kier molecular flexibility index (Phi) is 7.87. The second-order valence-corrected chi connectivity index (χ2v) is 4.67. The van der Waals surface area contributed by atoms with Crippen molar-refractivity contribution in [3.63, 3.8) is 0 Å². The van der Waals surface area contributed by atoms with Gasteiger partial charge in [0.1, 0.15) is 0 Å². The summed E-state index contributed by atoms with van der Waals surface area (Å²) in [7, 11) is 0. The molecule has 5 nitrogen and oxygen atoms in total. The van der Waals surface area contributed by atoms with E-state index in [1.807, 2.05) is 24.3 Å². The third-order valence-corrected chi connectivity index (χ3v) is 2.86. The van der Waals surface area contributed by atoms with Crippen molar-refractivity contribution < 1.29 is 14.6 Å². The molecule has 0 saturated carbocycles. The number of anilines is 1. The highest BCUT2D eigenvalue weighted by Gasteiger charge is 2.05. The van der Waals surface area contributed by atoms with E-state index in [9.17, 15) is 4.79 Å². The molecule has 0 radical (unpaired) electrons. The Bertz CT molecular complexity index is 410. The van der Waals surface area contributed by atoms with Crippen LogP contribution < -0.4 is 10.6 Å². The van der Waals surface area contributed by atoms with Gasteiger partial charge >= 0.3 is 0 Å². The van der Waals surface area contributed by atoms with Crippen LogP contribution in [-0.4, -0.2) is 37.4 Å². The minimum Gasteiger partial charge on any atom is -0.394 e. The number of amides is 1. The molecule has 1 aromatic rings. The molecule has 0 fully saturated rings. The molecule has 0 aromatic heterocycles. The van der Waals surface area contributed by atoms with Crippen LogP contribution in [0.4, 0.5) is 5.69 Å². The standard InChI is InChI=1S/C15H24N2O3/c1-12(16-7-4-9-20-10-8-18)14-5-3-6-15(11-14)17-13(2)19/h3,5-6,11-12,16,18H,4,7-10H2,1-2H3,(H,17,19). The molecule has 0 aliphatic rings. The van der Waals surface area contributed by atoms with Gasteiger partial charge in [0.25, 0.3) is 0 Å². The van der Waals surface area contributed by atoms with Crippen LogP contribution in [0.5, 0.6) is 0 Å². The Morgan fingerprint density at radius 3 is 2.90 bits per heavy atom. The second-order valence-electron chi connectivity index (χ2n) is 4.67. The number of hydrogen-bond donors (Lipinski definition) is 3. The van der Waals surface area contributed by atoms with E-state index in [-0.39, 0.29) is 18.6 Å². The maximum absolute atomic E-state index is 11.0. The molecule has 0 aliphatic heterocycles. The molecular formula is C15H24N2O3. The fourth-order valence-electron chi connectivity index (χ4n) is 1.87. The van der Waals surface area contributed by atoms with Gasteiger partial charge in [-0.1, -0.05) is 12.1 Å². The zero-order valence-corrected chi connectivity index (χ0v) is 12.2. The monoisotopic (exact) mass is 280 g/mol. The number of rotatable bonds is 9. The van der Waals surface area contributed by atoms with Crippen LogP contribution in [-0.2, 0) is 9.53 Å². The minimum absolute atomic E-state index is 0.0659. The van der Waals surface area contributed by atoms with Gasteiger partial charge in [-0.3, -0.25) is 4.79 Å². The molecule has 0 spiro atoms. The molecule has 0 bridgehead atoms. The number of aliphatic hydroxyl groups excluding tert-OH is 1. The van der Waals surface area contributed by atoms with E-state index in [4.69, 9.17) is 9.84 Å². The van der Waals surface area contributed by atoms with Crippen molar-refractivity contribution in [2.24, 2.45) is 0 Å². The fourth-order valence-corrected chi connectivity index (χ4v) is 1.87. The zero-order valence-electron chi connectivity index (χ0n) is 12.2. The lowest BCUT2D eigenvalue weighted by molar-refractivity contribution is -0.114. The average molecular weight is 280 g/mol. The number of hydrogen-bond acceptors (Lipinski definition) is 4. The lowest BCUT2D eigenvalue weighted by atomic mass is 10.1. The third-order valence-electron chi connectivity index (χ3n) is 2.86. The van der Waals surface area contributed by atoms with E-state index in [0.717, 1.165) is 24.2 Å². The average Bonchev–Trinajstić information content (AvgIpc) is 2.42. The lowest BCUT2D eigenvalue weighted by Crippen LogP contribution is -2.21. The molecule has 112 valence electrons. The van der Waals surface area contributed by atoms with E-state index in [1.165, 1.54) is 6.92 Å². The van der Waals surface area contributed by atoms with E-state index < -0.39 is 0 Å². The molecule has 0 saturated heterocycles. The second kappa shape index (κ2) is 9.47. The number of carbonyl (C=O) groups is 1. The molecule has 0 heterocycles. The topological polar surface area (TPSA) is 70.6 Å². The van der Waals surface area contributed by atoms with Gasteiger partial charge in [-0.2, -0.15) is 0 Å². The molecule has 5 heteroatoms. The Morgan fingerprint density at radius 1 is 1.40 bits per heavy atom. The summed E-state index contributed by atoms with van der Waals surface area (Å²) < 4.78 is 5.20. The van der Waals surface area contributed by atoms with E-state index in [1.54, 1.807) is 0 Å².